The number of aryl methyl sites for hydroxylation is 6. The molecule has 0 spiro atoms. The Bertz CT molecular complexity index is 1430. The second-order valence-electron chi connectivity index (χ2n) is 10.3. The summed E-state index contributed by atoms with van der Waals surface area (Å²) in [6, 6.07) is 24.2. The zero-order valence-electron chi connectivity index (χ0n) is 25.4. The molecule has 6 heterocycles. The van der Waals surface area contributed by atoms with Gasteiger partial charge in [0, 0.05) is 37.2 Å². The number of hydrogen-bond donors (Lipinski definition) is 0. The molecular weight excluding hydrogens is 618 g/mol. The van der Waals surface area contributed by atoms with Crippen molar-refractivity contribution in [3.8, 4) is 34.2 Å². The van der Waals surface area contributed by atoms with Crippen LogP contribution in [0, 0.1) is 41.5 Å². The maximum Gasteiger partial charge on any atom is 2.00 e. The molecule has 216 valence electrons. The summed E-state index contributed by atoms with van der Waals surface area (Å²) in [4.78, 5) is 25.7. The van der Waals surface area contributed by atoms with Gasteiger partial charge in [0.1, 0.15) is 0 Å². The van der Waals surface area contributed by atoms with Crippen molar-refractivity contribution in [1.82, 2.24) is 29.9 Å². The van der Waals surface area contributed by atoms with Crippen LogP contribution in [0.25, 0.3) is 34.2 Å². The molecule has 6 aromatic heterocycles. The van der Waals surface area contributed by atoms with Crippen LogP contribution in [0.15, 0.2) is 110 Å². The SMILES string of the molecule is Cc1ccnc(-c2cc(C)ccn2)c1.Cc1ccnc(-c2cc(C)ccn2)c1.Cc1ccnc(-c2cc(C)ccn2)c1.[Ru+2]. The Morgan fingerprint density at radius 3 is 0.535 bits per heavy atom. The smallest absolute Gasteiger partial charge is 0.255 e. The van der Waals surface area contributed by atoms with E-state index in [0.717, 1.165) is 34.2 Å². The van der Waals surface area contributed by atoms with Crippen molar-refractivity contribution in [2.45, 2.75) is 41.5 Å². The first-order chi connectivity index (χ1) is 20.3. The van der Waals surface area contributed by atoms with Gasteiger partial charge in [0.2, 0.25) is 0 Å². The summed E-state index contributed by atoms with van der Waals surface area (Å²) < 4.78 is 0. The molecule has 6 nitrogen and oxygen atoms in total. The summed E-state index contributed by atoms with van der Waals surface area (Å²) in [5, 5.41) is 0. The van der Waals surface area contributed by atoms with Crippen LogP contribution in [0.5, 0.6) is 0 Å². The maximum atomic E-state index is 4.29. The zero-order chi connectivity index (χ0) is 29.9. The maximum absolute atomic E-state index is 4.29. The van der Waals surface area contributed by atoms with Crippen LogP contribution in [-0.4, -0.2) is 29.9 Å². The molecule has 0 aliphatic rings. The molecule has 0 saturated heterocycles. The van der Waals surface area contributed by atoms with Crippen LogP contribution in [0.2, 0.25) is 0 Å². The minimum atomic E-state index is 0. The second kappa shape index (κ2) is 16.2. The van der Waals surface area contributed by atoms with E-state index in [-0.39, 0.29) is 19.5 Å². The predicted octanol–water partition coefficient (Wildman–Crippen LogP) is 8.28. The molecule has 0 aliphatic heterocycles. The molecule has 0 amide bonds. The summed E-state index contributed by atoms with van der Waals surface area (Å²) in [5.41, 5.74) is 12.9. The standard InChI is InChI=1S/3C12H12N2.Ru/c3*1-9-3-5-13-11(7-9)12-8-10(2)4-6-14-12;/h3*3-8H,1-2H3;/q;;;+2. The molecule has 0 unspecified atom stereocenters. The van der Waals surface area contributed by atoms with E-state index in [1.165, 1.54) is 33.4 Å². The number of hydrogen-bond acceptors (Lipinski definition) is 6. The quantitative estimate of drug-likeness (QED) is 0.179. The van der Waals surface area contributed by atoms with E-state index >= 15 is 0 Å². The molecule has 0 fully saturated rings. The van der Waals surface area contributed by atoms with Gasteiger partial charge in [0.05, 0.1) is 34.2 Å². The average Bonchev–Trinajstić information content (AvgIpc) is 2.98. The van der Waals surface area contributed by atoms with Gasteiger partial charge in [-0.2, -0.15) is 0 Å². The van der Waals surface area contributed by atoms with Gasteiger partial charge in [0.15, 0.2) is 0 Å². The van der Waals surface area contributed by atoms with Crippen LogP contribution in [0.4, 0.5) is 0 Å². The number of pyridine rings is 6. The van der Waals surface area contributed by atoms with E-state index in [0.29, 0.717) is 0 Å². The summed E-state index contributed by atoms with van der Waals surface area (Å²) in [6.07, 6.45) is 10.9. The first-order valence-electron chi connectivity index (χ1n) is 13.8. The van der Waals surface area contributed by atoms with Crippen molar-refractivity contribution in [2.24, 2.45) is 0 Å². The summed E-state index contributed by atoms with van der Waals surface area (Å²) in [7, 11) is 0. The van der Waals surface area contributed by atoms with E-state index in [9.17, 15) is 0 Å². The number of aromatic nitrogens is 6. The normalized spacial score (nSPS) is 9.91. The third-order valence-corrected chi connectivity index (χ3v) is 6.28. The minimum absolute atomic E-state index is 0. The van der Waals surface area contributed by atoms with Crippen molar-refractivity contribution < 1.29 is 19.5 Å². The molecule has 6 rings (SSSR count). The van der Waals surface area contributed by atoms with Crippen LogP contribution in [0.3, 0.4) is 0 Å². The van der Waals surface area contributed by atoms with Gasteiger partial charge < -0.3 is 0 Å². The molecule has 6 aromatic rings. The molecule has 0 atom stereocenters. The summed E-state index contributed by atoms with van der Waals surface area (Å²) >= 11 is 0. The summed E-state index contributed by atoms with van der Waals surface area (Å²) in [6.45, 7) is 12.3. The Balaban J connectivity index is 0.000000175. The van der Waals surface area contributed by atoms with Crippen LogP contribution in [0.1, 0.15) is 33.4 Å². The second-order valence-corrected chi connectivity index (χ2v) is 10.3. The fraction of sp³-hybridized carbons (Fsp3) is 0.167. The minimum Gasteiger partial charge on any atom is -0.255 e. The number of rotatable bonds is 3. The molecule has 0 aromatic carbocycles. The molecule has 0 N–H and O–H groups in total. The molecule has 0 bridgehead atoms. The van der Waals surface area contributed by atoms with Gasteiger partial charge in [-0.25, -0.2) is 0 Å². The Hall–Kier alpha value is -4.48. The summed E-state index contributed by atoms with van der Waals surface area (Å²) in [5.74, 6) is 0. The molecular formula is C36H36N6Ru+2. The largest absolute Gasteiger partial charge is 2.00 e. The van der Waals surface area contributed by atoms with E-state index < -0.39 is 0 Å². The fourth-order valence-corrected chi connectivity index (χ4v) is 4.06. The van der Waals surface area contributed by atoms with Gasteiger partial charge in [-0.3, -0.25) is 29.9 Å². The average molecular weight is 654 g/mol. The Labute approximate surface area is 267 Å². The van der Waals surface area contributed by atoms with Gasteiger partial charge >= 0.3 is 19.5 Å². The topological polar surface area (TPSA) is 77.3 Å². The van der Waals surface area contributed by atoms with Gasteiger partial charge in [-0.05, 0) is 148 Å². The van der Waals surface area contributed by atoms with Crippen molar-refractivity contribution in [3.05, 3.63) is 143 Å². The third-order valence-electron chi connectivity index (χ3n) is 6.28. The third kappa shape index (κ3) is 10.4. The zero-order valence-corrected chi connectivity index (χ0v) is 27.2. The number of nitrogens with zero attached hydrogens (tertiary/aromatic N) is 6. The van der Waals surface area contributed by atoms with E-state index in [1.807, 2.05) is 110 Å². The molecule has 43 heavy (non-hydrogen) atoms. The Kier molecular flexibility index (Phi) is 12.5. The first kappa shape index (κ1) is 33.0. The molecule has 0 saturated carbocycles. The van der Waals surface area contributed by atoms with Gasteiger partial charge in [-0.15, -0.1) is 0 Å². The van der Waals surface area contributed by atoms with Crippen LogP contribution >= 0.6 is 0 Å². The van der Waals surface area contributed by atoms with Crippen LogP contribution in [-0.2, 0) is 19.5 Å². The monoisotopic (exact) mass is 654 g/mol. The van der Waals surface area contributed by atoms with Crippen molar-refractivity contribution in [3.63, 3.8) is 0 Å². The van der Waals surface area contributed by atoms with E-state index in [1.54, 1.807) is 0 Å². The fourth-order valence-electron chi connectivity index (χ4n) is 4.06. The molecule has 7 heteroatoms. The van der Waals surface area contributed by atoms with Crippen LogP contribution < -0.4 is 0 Å². The first-order valence-corrected chi connectivity index (χ1v) is 13.8. The molecule has 0 radical (unpaired) electrons. The predicted molar refractivity (Wildman–Crippen MR) is 171 cm³/mol. The van der Waals surface area contributed by atoms with E-state index in [4.69, 9.17) is 0 Å². The van der Waals surface area contributed by atoms with Crippen molar-refractivity contribution >= 4 is 0 Å². The Morgan fingerprint density at radius 1 is 0.279 bits per heavy atom. The Morgan fingerprint density at radius 2 is 0.419 bits per heavy atom. The van der Waals surface area contributed by atoms with Gasteiger partial charge in [0.25, 0.3) is 0 Å². The van der Waals surface area contributed by atoms with E-state index in [2.05, 4.69) is 71.4 Å². The van der Waals surface area contributed by atoms with Gasteiger partial charge in [-0.1, -0.05) is 0 Å². The van der Waals surface area contributed by atoms with Crippen molar-refractivity contribution in [1.29, 1.82) is 0 Å². The van der Waals surface area contributed by atoms with Crippen molar-refractivity contribution in [2.75, 3.05) is 0 Å². The molecule has 0 aliphatic carbocycles.